The largest absolute Gasteiger partial charge is 0.272 e. The number of hydrogen-bond donors (Lipinski definition) is 2. The monoisotopic (exact) mass is 278 g/mol. The standard InChI is InChI=1S/C14H19ClN4/c1-9-5-4-6-12(14(9)15)13(17-16)8-11-7-10(2)18-19(11)3/h4-7,13,17H,8,16H2,1-3H3. The quantitative estimate of drug-likeness (QED) is 0.667. The minimum absolute atomic E-state index is 0.0257. The van der Waals surface area contributed by atoms with Crippen molar-refractivity contribution in [1.29, 1.82) is 0 Å². The molecule has 2 aromatic rings. The van der Waals surface area contributed by atoms with Crippen molar-refractivity contribution in [3.8, 4) is 0 Å². The van der Waals surface area contributed by atoms with E-state index in [1.165, 1.54) is 0 Å². The lowest BCUT2D eigenvalue weighted by Crippen LogP contribution is -2.30. The Morgan fingerprint density at radius 1 is 1.42 bits per heavy atom. The van der Waals surface area contributed by atoms with Crippen LogP contribution in [0.5, 0.6) is 0 Å². The van der Waals surface area contributed by atoms with E-state index in [2.05, 4.69) is 16.6 Å². The summed E-state index contributed by atoms with van der Waals surface area (Å²) in [4.78, 5) is 0. The van der Waals surface area contributed by atoms with E-state index in [1.807, 2.05) is 43.8 Å². The zero-order valence-electron chi connectivity index (χ0n) is 11.4. The Labute approximate surface area is 118 Å². The molecule has 1 unspecified atom stereocenters. The first-order valence-corrected chi connectivity index (χ1v) is 6.61. The van der Waals surface area contributed by atoms with Gasteiger partial charge in [0.15, 0.2) is 0 Å². The van der Waals surface area contributed by atoms with Crippen molar-refractivity contribution >= 4 is 11.6 Å². The zero-order valence-corrected chi connectivity index (χ0v) is 12.2. The van der Waals surface area contributed by atoms with Crippen LogP contribution in [0.15, 0.2) is 24.3 Å². The average molecular weight is 279 g/mol. The van der Waals surface area contributed by atoms with Crippen molar-refractivity contribution in [2.24, 2.45) is 12.9 Å². The van der Waals surface area contributed by atoms with E-state index in [-0.39, 0.29) is 6.04 Å². The summed E-state index contributed by atoms with van der Waals surface area (Å²) in [6, 6.07) is 8.03. The van der Waals surface area contributed by atoms with Gasteiger partial charge in [-0.1, -0.05) is 29.8 Å². The normalized spacial score (nSPS) is 12.7. The van der Waals surface area contributed by atoms with Crippen molar-refractivity contribution in [1.82, 2.24) is 15.2 Å². The number of nitrogens with zero attached hydrogens (tertiary/aromatic N) is 2. The molecule has 0 saturated carbocycles. The van der Waals surface area contributed by atoms with Crippen LogP contribution < -0.4 is 11.3 Å². The zero-order chi connectivity index (χ0) is 14.0. The lowest BCUT2D eigenvalue weighted by Gasteiger charge is -2.18. The second kappa shape index (κ2) is 5.74. The Morgan fingerprint density at radius 3 is 2.74 bits per heavy atom. The van der Waals surface area contributed by atoms with Gasteiger partial charge in [0.05, 0.1) is 11.7 Å². The highest BCUT2D eigenvalue weighted by Gasteiger charge is 2.17. The van der Waals surface area contributed by atoms with Gasteiger partial charge in [0.1, 0.15) is 0 Å². The molecule has 1 heterocycles. The first kappa shape index (κ1) is 14.1. The highest BCUT2D eigenvalue weighted by atomic mass is 35.5. The van der Waals surface area contributed by atoms with E-state index in [0.717, 1.165) is 34.0 Å². The molecule has 1 atom stereocenters. The fourth-order valence-corrected chi connectivity index (χ4v) is 2.52. The number of rotatable bonds is 4. The van der Waals surface area contributed by atoms with Gasteiger partial charge in [0.2, 0.25) is 0 Å². The third-order valence-electron chi connectivity index (χ3n) is 3.31. The van der Waals surface area contributed by atoms with Gasteiger partial charge in [0.25, 0.3) is 0 Å². The van der Waals surface area contributed by atoms with Crippen molar-refractivity contribution in [2.75, 3.05) is 0 Å². The number of nitrogens with two attached hydrogens (primary N) is 1. The van der Waals surface area contributed by atoms with Gasteiger partial charge in [-0.15, -0.1) is 0 Å². The van der Waals surface area contributed by atoms with E-state index in [0.29, 0.717) is 0 Å². The van der Waals surface area contributed by atoms with Gasteiger partial charge in [0, 0.05) is 24.2 Å². The maximum atomic E-state index is 6.36. The molecule has 19 heavy (non-hydrogen) atoms. The number of hydrogen-bond acceptors (Lipinski definition) is 3. The Hall–Kier alpha value is -1.36. The lowest BCUT2D eigenvalue weighted by atomic mass is 10.0. The molecule has 4 nitrogen and oxygen atoms in total. The van der Waals surface area contributed by atoms with Crippen LogP contribution in [0.3, 0.4) is 0 Å². The fraction of sp³-hybridized carbons (Fsp3) is 0.357. The molecule has 0 radical (unpaired) electrons. The molecule has 0 spiro atoms. The molecule has 0 fully saturated rings. The molecule has 3 N–H and O–H groups in total. The SMILES string of the molecule is Cc1cc(CC(NN)c2cccc(C)c2Cl)n(C)n1. The Kier molecular flexibility index (Phi) is 4.24. The summed E-state index contributed by atoms with van der Waals surface area (Å²) in [6.45, 7) is 3.97. The van der Waals surface area contributed by atoms with E-state index in [4.69, 9.17) is 17.4 Å². The van der Waals surface area contributed by atoms with Crippen LogP contribution in [0.2, 0.25) is 5.02 Å². The maximum Gasteiger partial charge on any atom is 0.0596 e. The predicted molar refractivity (Wildman–Crippen MR) is 77.9 cm³/mol. The summed E-state index contributed by atoms with van der Waals surface area (Å²) in [6.07, 6.45) is 0.747. The highest BCUT2D eigenvalue weighted by Crippen LogP contribution is 2.28. The van der Waals surface area contributed by atoms with Crippen LogP contribution in [-0.2, 0) is 13.5 Å². The summed E-state index contributed by atoms with van der Waals surface area (Å²) in [5.41, 5.74) is 7.05. The number of aryl methyl sites for hydroxylation is 3. The van der Waals surface area contributed by atoms with E-state index >= 15 is 0 Å². The first-order chi connectivity index (χ1) is 9.02. The van der Waals surface area contributed by atoms with E-state index < -0.39 is 0 Å². The molecule has 1 aromatic heterocycles. The Morgan fingerprint density at radius 2 is 2.16 bits per heavy atom. The number of benzene rings is 1. The van der Waals surface area contributed by atoms with Crippen molar-refractivity contribution < 1.29 is 0 Å². The first-order valence-electron chi connectivity index (χ1n) is 6.23. The lowest BCUT2D eigenvalue weighted by molar-refractivity contribution is 0.530. The molecule has 0 aliphatic rings. The minimum Gasteiger partial charge on any atom is -0.272 e. The van der Waals surface area contributed by atoms with E-state index in [9.17, 15) is 0 Å². The van der Waals surface area contributed by atoms with Gasteiger partial charge < -0.3 is 0 Å². The van der Waals surface area contributed by atoms with Crippen molar-refractivity contribution in [3.05, 3.63) is 51.8 Å². The van der Waals surface area contributed by atoms with Crippen LogP contribution in [0.1, 0.15) is 28.6 Å². The van der Waals surface area contributed by atoms with Gasteiger partial charge in [-0.2, -0.15) is 5.10 Å². The van der Waals surface area contributed by atoms with Gasteiger partial charge in [-0.3, -0.25) is 16.0 Å². The summed E-state index contributed by atoms with van der Waals surface area (Å²) < 4.78 is 1.88. The van der Waals surface area contributed by atoms with E-state index in [1.54, 1.807) is 0 Å². The van der Waals surface area contributed by atoms with Gasteiger partial charge in [-0.05, 0) is 31.0 Å². The summed E-state index contributed by atoms with van der Waals surface area (Å²) in [5.74, 6) is 5.69. The molecular weight excluding hydrogens is 260 g/mol. The Balaban J connectivity index is 2.30. The molecular formula is C14H19ClN4. The molecule has 102 valence electrons. The third kappa shape index (κ3) is 2.97. The molecule has 0 bridgehead atoms. The number of hydrazine groups is 1. The smallest absolute Gasteiger partial charge is 0.0596 e. The predicted octanol–water partition coefficient (Wildman–Crippen LogP) is 2.44. The molecule has 0 aliphatic heterocycles. The second-order valence-electron chi connectivity index (χ2n) is 4.80. The maximum absolute atomic E-state index is 6.36. The van der Waals surface area contributed by atoms with Crippen LogP contribution in [0.25, 0.3) is 0 Å². The fourth-order valence-electron chi connectivity index (χ4n) is 2.26. The molecule has 2 rings (SSSR count). The van der Waals surface area contributed by atoms with Crippen LogP contribution >= 0.6 is 11.6 Å². The van der Waals surface area contributed by atoms with Crippen molar-refractivity contribution in [2.45, 2.75) is 26.3 Å². The summed E-state index contributed by atoms with van der Waals surface area (Å²) in [5, 5.41) is 5.12. The van der Waals surface area contributed by atoms with Gasteiger partial charge in [-0.25, -0.2) is 0 Å². The Bertz CT molecular complexity index is 577. The molecule has 1 aromatic carbocycles. The average Bonchev–Trinajstić information content (AvgIpc) is 2.68. The van der Waals surface area contributed by atoms with Gasteiger partial charge >= 0.3 is 0 Å². The van der Waals surface area contributed by atoms with Crippen LogP contribution in [0, 0.1) is 13.8 Å². The highest BCUT2D eigenvalue weighted by molar-refractivity contribution is 6.32. The molecule has 0 aliphatic carbocycles. The van der Waals surface area contributed by atoms with Crippen LogP contribution in [0.4, 0.5) is 0 Å². The second-order valence-corrected chi connectivity index (χ2v) is 5.18. The van der Waals surface area contributed by atoms with Crippen molar-refractivity contribution in [3.63, 3.8) is 0 Å². The third-order valence-corrected chi connectivity index (χ3v) is 3.83. The molecule has 0 saturated heterocycles. The molecule has 0 amide bonds. The number of halogens is 1. The summed E-state index contributed by atoms with van der Waals surface area (Å²) >= 11 is 6.36. The number of aromatic nitrogens is 2. The van der Waals surface area contributed by atoms with Crippen LogP contribution in [-0.4, -0.2) is 9.78 Å². The summed E-state index contributed by atoms with van der Waals surface area (Å²) in [7, 11) is 1.94. The minimum atomic E-state index is -0.0257. The molecule has 5 heteroatoms. The topological polar surface area (TPSA) is 55.9 Å². The number of nitrogens with one attached hydrogen (secondary N) is 1.